The Morgan fingerprint density at radius 1 is 1.31 bits per heavy atom. The number of nitrogens with one attached hydrogen (secondary N) is 1. The van der Waals surface area contributed by atoms with Crippen molar-refractivity contribution in [3.63, 3.8) is 0 Å². The number of carbonyl (C=O) groups excluding carboxylic acids is 1. The molecule has 2 aromatic heterocycles. The Hall–Kier alpha value is -3.17. The monoisotopic (exact) mass is 430 g/mol. The van der Waals surface area contributed by atoms with Crippen LogP contribution in [0.25, 0.3) is 5.69 Å². The van der Waals surface area contributed by atoms with Gasteiger partial charge in [-0.15, -0.1) is 11.3 Å². The fourth-order valence-electron chi connectivity index (χ4n) is 3.29. The number of amides is 1. The molecule has 148 valence electrons. The molecule has 0 saturated carbocycles. The molecular weight excluding hydrogens is 416 g/mol. The second kappa shape index (κ2) is 7.34. The molecule has 0 unspecified atom stereocenters. The first-order valence-electron chi connectivity index (χ1n) is 8.62. The zero-order valence-electron chi connectivity index (χ0n) is 15.1. The normalized spacial score (nSPS) is 16.1. The molecule has 8 nitrogen and oxygen atoms in total. The summed E-state index contributed by atoms with van der Waals surface area (Å²) in [6.45, 7) is 1.38. The van der Waals surface area contributed by atoms with Gasteiger partial charge in [-0.1, -0.05) is 23.7 Å². The van der Waals surface area contributed by atoms with Crippen molar-refractivity contribution in [2.45, 2.75) is 19.4 Å². The molecular formula is C19H15ClN4O4S. The Balaban J connectivity index is 1.86. The van der Waals surface area contributed by atoms with Crippen LogP contribution in [0.15, 0.2) is 56.5 Å². The quantitative estimate of drug-likeness (QED) is 0.665. The SMILES string of the molecule is CC(=O)N1N=C(c2c(O)n(-c3cccc(Cl)c3)c(=O)[nH]c2=O)C[C@@H]1c1cccs1. The van der Waals surface area contributed by atoms with Crippen LogP contribution in [-0.2, 0) is 4.79 Å². The molecule has 10 heteroatoms. The summed E-state index contributed by atoms with van der Waals surface area (Å²) in [6.07, 6.45) is 0.227. The van der Waals surface area contributed by atoms with Gasteiger partial charge in [0.05, 0.1) is 17.4 Å². The second-order valence-corrected chi connectivity index (χ2v) is 7.83. The van der Waals surface area contributed by atoms with Gasteiger partial charge in [0.15, 0.2) is 0 Å². The molecule has 0 fully saturated rings. The summed E-state index contributed by atoms with van der Waals surface area (Å²) >= 11 is 7.46. The highest BCUT2D eigenvalue weighted by Crippen LogP contribution is 2.35. The van der Waals surface area contributed by atoms with Gasteiger partial charge in [0, 0.05) is 23.2 Å². The number of aromatic hydroxyl groups is 1. The number of hydrogen-bond acceptors (Lipinski definition) is 6. The molecule has 2 N–H and O–H groups in total. The maximum Gasteiger partial charge on any atom is 0.335 e. The summed E-state index contributed by atoms with van der Waals surface area (Å²) in [6, 6.07) is 9.65. The predicted octanol–water partition coefficient (Wildman–Crippen LogP) is 2.64. The van der Waals surface area contributed by atoms with Gasteiger partial charge in [0.1, 0.15) is 5.56 Å². The molecule has 1 aliphatic rings. The van der Waals surface area contributed by atoms with Gasteiger partial charge in [-0.3, -0.25) is 14.6 Å². The number of hydrazone groups is 1. The number of rotatable bonds is 3. The van der Waals surface area contributed by atoms with Crippen LogP contribution in [0.1, 0.15) is 29.8 Å². The minimum absolute atomic E-state index is 0.158. The van der Waals surface area contributed by atoms with Crippen molar-refractivity contribution < 1.29 is 9.90 Å². The van der Waals surface area contributed by atoms with Crippen molar-refractivity contribution in [2.24, 2.45) is 5.10 Å². The molecule has 0 radical (unpaired) electrons. The van der Waals surface area contributed by atoms with E-state index in [2.05, 4.69) is 10.1 Å². The van der Waals surface area contributed by atoms with Crippen LogP contribution in [0.2, 0.25) is 5.02 Å². The van der Waals surface area contributed by atoms with Crippen molar-refractivity contribution in [3.05, 3.63) is 78.1 Å². The van der Waals surface area contributed by atoms with Gasteiger partial charge in [-0.05, 0) is 29.6 Å². The van der Waals surface area contributed by atoms with Crippen molar-refractivity contribution >= 4 is 34.6 Å². The summed E-state index contributed by atoms with van der Waals surface area (Å²) in [7, 11) is 0. The van der Waals surface area contributed by atoms with Gasteiger partial charge in [0.25, 0.3) is 5.56 Å². The lowest BCUT2D eigenvalue weighted by Gasteiger charge is -2.18. The predicted molar refractivity (Wildman–Crippen MR) is 110 cm³/mol. The van der Waals surface area contributed by atoms with Crippen LogP contribution >= 0.6 is 22.9 Å². The zero-order valence-corrected chi connectivity index (χ0v) is 16.7. The number of carbonyl (C=O) groups is 1. The average Bonchev–Trinajstić information content (AvgIpc) is 3.31. The van der Waals surface area contributed by atoms with E-state index in [0.29, 0.717) is 5.02 Å². The highest BCUT2D eigenvalue weighted by atomic mass is 35.5. The van der Waals surface area contributed by atoms with Crippen LogP contribution in [-0.4, -0.2) is 31.3 Å². The Kier molecular flexibility index (Phi) is 4.85. The molecule has 0 aliphatic carbocycles. The molecule has 29 heavy (non-hydrogen) atoms. The molecule has 0 spiro atoms. The first-order valence-corrected chi connectivity index (χ1v) is 9.88. The van der Waals surface area contributed by atoms with Gasteiger partial charge in [0.2, 0.25) is 11.8 Å². The fourth-order valence-corrected chi connectivity index (χ4v) is 4.29. The van der Waals surface area contributed by atoms with Gasteiger partial charge < -0.3 is 5.11 Å². The number of H-pyrrole nitrogens is 1. The number of aromatic nitrogens is 2. The van der Waals surface area contributed by atoms with E-state index in [1.807, 2.05) is 17.5 Å². The van der Waals surface area contributed by atoms with E-state index in [-0.39, 0.29) is 35.3 Å². The van der Waals surface area contributed by atoms with Crippen LogP contribution in [0.3, 0.4) is 0 Å². The summed E-state index contributed by atoms with van der Waals surface area (Å²) < 4.78 is 0.946. The maximum atomic E-state index is 12.5. The van der Waals surface area contributed by atoms with E-state index >= 15 is 0 Å². The van der Waals surface area contributed by atoms with Crippen LogP contribution in [0, 0.1) is 0 Å². The minimum Gasteiger partial charge on any atom is -0.493 e. The Bertz CT molecular complexity index is 1250. The summed E-state index contributed by atoms with van der Waals surface area (Å²) in [5.74, 6) is -0.854. The Morgan fingerprint density at radius 2 is 2.10 bits per heavy atom. The molecule has 0 bridgehead atoms. The third-order valence-corrected chi connectivity index (χ3v) is 5.75. The zero-order chi connectivity index (χ0) is 20.7. The van der Waals surface area contributed by atoms with Crippen molar-refractivity contribution in [1.82, 2.24) is 14.6 Å². The number of benzene rings is 1. The molecule has 1 aromatic carbocycles. The van der Waals surface area contributed by atoms with Gasteiger partial charge in [-0.2, -0.15) is 5.10 Å². The highest BCUT2D eigenvalue weighted by molar-refractivity contribution is 7.10. The third kappa shape index (κ3) is 3.39. The molecule has 4 rings (SSSR count). The van der Waals surface area contributed by atoms with Crippen LogP contribution < -0.4 is 11.2 Å². The number of thiophene rings is 1. The second-order valence-electron chi connectivity index (χ2n) is 6.42. The highest BCUT2D eigenvalue weighted by Gasteiger charge is 2.35. The summed E-state index contributed by atoms with van der Waals surface area (Å²) in [5.41, 5.74) is -1.24. The summed E-state index contributed by atoms with van der Waals surface area (Å²) in [5, 5.41) is 18.6. The van der Waals surface area contributed by atoms with Crippen molar-refractivity contribution in [1.29, 1.82) is 0 Å². The van der Waals surface area contributed by atoms with Crippen molar-refractivity contribution in [3.8, 4) is 11.6 Å². The van der Waals surface area contributed by atoms with E-state index in [4.69, 9.17) is 11.6 Å². The smallest absolute Gasteiger partial charge is 0.335 e. The van der Waals surface area contributed by atoms with E-state index in [9.17, 15) is 19.5 Å². The van der Waals surface area contributed by atoms with Crippen molar-refractivity contribution in [2.75, 3.05) is 0 Å². The molecule has 3 heterocycles. The molecule has 1 atom stereocenters. The summed E-state index contributed by atoms with van der Waals surface area (Å²) in [4.78, 5) is 40.1. The molecule has 1 aliphatic heterocycles. The van der Waals surface area contributed by atoms with E-state index in [1.165, 1.54) is 29.3 Å². The standard InChI is InChI=1S/C19H15ClN4O4S/c1-10(25)24-14(15-6-3-7-29-15)9-13(22-24)16-17(26)21-19(28)23(18(16)27)12-5-2-4-11(20)8-12/h2-8,14,27H,9H2,1H3,(H,21,26,28)/t14-/m1/s1. The number of hydrogen-bond donors (Lipinski definition) is 2. The average molecular weight is 431 g/mol. The third-order valence-electron chi connectivity index (χ3n) is 4.55. The first kappa shape index (κ1) is 19.2. The van der Waals surface area contributed by atoms with E-state index < -0.39 is 17.1 Å². The number of nitrogens with zero attached hydrogens (tertiary/aromatic N) is 3. The largest absolute Gasteiger partial charge is 0.493 e. The first-order chi connectivity index (χ1) is 13.9. The van der Waals surface area contributed by atoms with E-state index in [0.717, 1.165) is 9.44 Å². The molecule has 3 aromatic rings. The Morgan fingerprint density at radius 3 is 2.76 bits per heavy atom. The van der Waals surface area contributed by atoms with Crippen LogP contribution in [0.5, 0.6) is 5.88 Å². The molecule has 1 amide bonds. The lowest BCUT2D eigenvalue weighted by Crippen LogP contribution is -2.33. The van der Waals surface area contributed by atoms with E-state index in [1.54, 1.807) is 18.2 Å². The lowest BCUT2D eigenvalue weighted by atomic mass is 10.0. The lowest BCUT2D eigenvalue weighted by molar-refractivity contribution is -0.130. The fraction of sp³-hybridized carbons (Fsp3) is 0.158. The topological polar surface area (TPSA) is 108 Å². The number of aromatic amines is 1. The molecule has 0 saturated heterocycles. The van der Waals surface area contributed by atoms with Gasteiger partial charge >= 0.3 is 5.69 Å². The number of halogens is 1. The van der Waals surface area contributed by atoms with Gasteiger partial charge in [-0.25, -0.2) is 14.4 Å². The maximum absolute atomic E-state index is 12.5. The Labute approximate surface area is 173 Å². The minimum atomic E-state index is -0.810. The van der Waals surface area contributed by atoms with Crippen LogP contribution in [0.4, 0.5) is 0 Å².